The van der Waals surface area contributed by atoms with E-state index in [4.69, 9.17) is 4.74 Å². The summed E-state index contributed by atoms with van der Waals surface area (Å²) in [5, 5.41) is 1.98. The van der Waals surface area contributed by atoms with Crippen LogP contribution in [-0.2, 0) is 20.7 Å². The summed E-state index contributed by atoms with van der Waals surface area (Å²) in [7, 11) is 0. The van der Waals surface area contributed by atoms with Crippen LogP contribution in [0.3, 0.4) is 0 Å². The van der Waals surface area contributed by atoms with Crippen molar-refractivity contribution in [1.82, 2.24) is 0 Å². The van der Waals surface area contributed by atoms with Gasteiger partial charge in [-0.15, -0.1) is 0 Å². The highest BCUT2D eigenvalue weighted by Crippen LogP contribution is 2.19. The van der Waals surface area contributed by atoms with E-state index in [1.165, 1.54) is 0 Å². The maximum absolute atomic E-state index is 13.5. The molecule has 1 amide bonds. The van der Waals surface area contributed by atoms with Gasteiger partial charge in [-0.25, -0.2) is 13.2 Å². The Hall–Kier alpha value is -3.16. The molecule has 2 aromatic carbocycles. The molecule has 0 radical (unpaired) electrons. The third-order valence-corrected chi connectivity index (χ3v) is 4.04. The fourth-order valence-corrected chi connectivity index (χ4v) is 2.53. The van der Waals surface area contributed by atoms with Crippen molar-refractivity contribution in [3.63, 3.8) is 0 Å². The molecular weight excluding hydrogens is 387 g/mol. The lowest BCUT2D eigenvalue weighted by Crippen LogP contribution is -2.22. The molecule has 0 atom stereocenters. The number of esters is 1. The van der Waals surface area contributed by atoms with Crippen molar-refractivity contribution >= 4 is 23.3 Å². The quantitative estimate of drug-likeness (QED) is 0.384. The minimum Gasteiger partial charge on any atom is -0.456 e. The molecule has 2 rings (SSSR count). The summed E-state index contributed by atoms with van der Waals surface area (Å²) in [5.74, 6) is -6.63. The first kappa shape index (κ1) is 22.1. The van der Waals surface area contributed by atoms with Crippen molar-refractivity contribution in [1.29, 1.82) is 0 Å². The number of ketones is 1. The van der Waals surface area contributed by atoms with Crippen LogP contribution in [-0.4, -0.2) is 24.3 Å². The first-order valence-corrected chi connectivity index (χ1v) is 9.03. The van der Waals surface area contributed by atoms with Gasteiger partial charge in [0.2, 0.25) is 0 Å². The Bertz CT molecular complexity index is 898. The summed E-state index contributed by atoms with van der Waals surface area (Å²) in [6, 6.07) is 8.61. The topological polar surface area (TPSA) is 72.5 Å². The number of halogens is 3. The SMILES string of the molecule is CCCc1ccc(C(=O)CCC(=O)OCC(=O)Nc2ccc(F)c(F)c2F)cc1. The molecule has 0 fully saturated rings. The van der Waals surface area contributed by atoms with Crippen LogP contribution in [0.2, 0.25) is 0 Å². The Morgan fingerprint density at radius 2 is 1.62 bits per heavy atom. The lowest BCUT2D eigenvalue weighted by molar-refractivity contribution is -0.147. The van der Waals surface area contributed by atoms with Gasteiger partial charge in [0.1, 0.15) is 0 Å². The molecule has 0 aliphatic heterocycles. The number of amides is 1. The van der Waals surface area contributed by atoms with E-state index in [-0.39, 0.29) is 18.6 Å². The highest BCUT2D eigenvalue weighted by atomic mass is 19.2. The zero-order valence-corrected chi connectivity index (χ0v) is 15.8. The predicted molar refractivity (Wildman–Crippen MR) is 99.9 cm³/mol. The van der Waals surface area contributed by atoms with Gasteiger partial charge in [-0.05, 0) is 24.1 Å². The van der Waals surface area contributed by atoms with Gasteiger partial charge in [-0.3, -0.25) is 14.4 Å². The average molecular weight is 407 g/mol. The van der Waals surface area contributed by atoms with Crippen molar-refractivity contribution in [2.45, 2.75) is 32.6 Å². The summed E-state index contributed by atoms with van der Waals surface area (Å²) in [4.78, 5) is 35.5. The minimum absolute atomic E-state index is 0.0919. The second-order valence-electron chi connectivity index (χ2n) is 6.30. The molecule has 0 saturated carbocycles. The van der Waals surface area contributed by atoms with Gasteiger partial charge >= 0.3 is 5.97 Å². The fourth-order valence-electron chi connectivity index (χ4n) is 2.53. The lowest BCUT2D eigenvalue weighted by Gasteiger charge is -2.08. The Morgan fingerprint density at radius 3 is 2.28 bits per heavy atom. The number of carbonyl (C=O) groups excluding carboxylic acids is 3. The zero-order valence-electron chi connectivity index (χ0n) is 15.8. The largest absolute Gasteiger partial charge is 0.456 e. The molecule has 1 N–H and O–H groups in total. The van der Waals surface area contributed by atoms with Crippen LogP contribution in [0.15, 0.2) is 36.4 Å². The van der Waals surface area contributed by atoms with Gasteiger partial charge in [0.25, 0.3) is 5.91 Å². The molecule has 0 bridgehead atoms. The van der Waals surface area contributed by atoms with Crippen molar-refractivity contribution < 1.29 is 32.3 Å². The second kappa shape index (κ2) is 10.4. The number of ether oxygens (including phenoxy) is 1. The molecule has 0 saturated heterocycles. The maximum atomic E-state index is 13.5. The lowest BCUT2D eigenvalue weighted by atomic mass is 10.0. The summed E-state index contributed by atoms with van der Waals surface area (Å²) in [6.07, 6.45) is 1.58. The smallest absolute Gasteiger partial charge is 0.306 e. The standard InChI is InChI=1S/C21H20F3NO4/c1-2-3-13-4-6-14(7-5-13)17(26)10-11-19(28)29-12-18(27)25-16-9-8-15(22)20(23)21(16)24/h4-9H,2-3,10-12H2,1H3,(H,25,27). The Kier molecular flexibility index (Phi) is 7.94. The van der Waals surface area contributed by atoms with Gasteiger partial charge in [0.15, 0.2) is 29.8 Å². The summed E-state index contributed by atoms with van der Waals surface area (Å²) < 4.78 is 44.2. The Balaban J connectivity index is 1.77. The number of nitrogens with one attached hydrogen (secondary N) is 1. The third-order valence-electron chi connectivity index (χ3n) is 4.04. The number of benzene rings is 2. The number of anilines is 1. The van der Waals surface area contributed by atoms with Crippen LogP contribution < -0.4 is 5.32 Å². The van der Waals surface area contributed by atoms with Crippen molar-refractivity contribution in [3.05, 3.63) is 65.0 Å². The van der Waals surface area contributed by atoms with Crippen LogP contribution in [0.1, 0.15) is 42.1 Å². The number of rotatable bonds is 9. The van der Waals surface area contributed by atoms with E-state index < -0.39 is 41.6 Å². The van der Waals surface area contributed by atoms with Crippen molar-refractivity contribution in [2.75, 3.05) is 11.9 Å². The van der Waals surface area contributed by atoms with Crippen LogP contribution in [0.5, 0.6) is 0 Å². The maximum Gasteiger partial charge on any atom is 0.306 e. The highest BCUT2D eigenvalue weighted by Gasteiger charge is 2.16. The predicted octanol–water partition coefficient (Wildman–Crippen LogP) is 4.20. The van der Waals surface area contributed by atoms with Gasteiger partial charge in [-0.1, -0.05) is 37.6 Å². The van der Waals surface area contributed by atoms with Crippen molar-refractivity contribution in [2.24, 2.45) is 0 Å². The first-order chi connectivity index (χ1) is 13.8. The molecular formula is C21H20F3NO4. The molecule has 0 heterocycles. The summed E-state index contributed by atoms with van der Waals surface area (Å²) in [6.45, 7) is 1.30. The van der Waals surface area contributed by atoms with Crippen molar-refractivity contribution in [3.8, 4) is 0 Å². The van der Waals surface area contributed by atoms with Gasteiger partial charge in [0, 0.05) is 12.0 Å². The molecule has 8 heteroatoms. The van der Waals surface area contributed by atoms with Crippen LogP contribution in [0, 0.1) is 17.5 Å². The van der Waals surface area contributed by atoms with E-state index in [0.717, 1.165) is 24.5 Å². The highest BCUT2D eigenvalue weighted by molar-refractivity contribution is 5.98. The molecule has 0 spiro atoms. The monoisotopic (exact) mass is 407 g/mol. The first-order valence-electron chi connectivity index (χ1n) is 9.03. The molecule has 5 nitrogen and oxygen atoms in total. The zero-order chi connectivity index (χ0) is 21.4. The van der Waals surface area contributed by atoms with Gasteiger partial charge < -0.3 is 10.1 Å². The number of aryl methyl sites for hydroxylation is 1. The molecule has 0 aliphatic rings. The average Bonchev–Trinajstić information content (AvgIpc) is 2.71. The van der Waals surface area contributed by atoms with Crippen LogP contribution in [0.4, 0.5) is 18.9 Å². The molecule has 154 valence electrons. The molecule has 0 aliphatic carbocycles. The Morgan fingerprint density at radius 1 is 0.931 bits per heavy atom. The van der Waals surface area contributed by atoms with Gasteiger partial charge in [0.05, 0.1) is 12.1 Å². The normalized spacial score (nSPS) is 10.5. The van der Waals surface area contributed by atoms with E-state index >= 15 is 0 Å². The van der Waals surface area contributed by atoms with E-state index in [0.29, 0.717) is 11.6 Å². The number of carbonyl (C=O) groups is 3. The second-order valence-corrected chi connectivity index (χ2v) is 6.30. The summed E-state index contributed by atoms with van der Waals surface area (Å²) >= 11 is 0. The fraction of sp³-hybridized carbons (Fsp3) is 0.286. The Labute approximate surface area is 165 Å². The number of hydrogen-bond donors (Lipinski definition) is 1. The van der Waals surface area contributed by atoms with E-state index in [2.05, 4.69) is 6.92 Å². The van der Waals surface area contributed by atoms with Gasteiger partial charge in [-0.2, -0.15) is 0 Å². The molecule has 2 aromatic rings. The number of hydrogen-bond acceptors (Lipinski definition) is 4. The minimum atomic E-state index is -1.72. The third kappa shape index (κ3) is 6.44. The van der Waals surface area contributed by atoms with Crippen LogP contribution in [0.25, 0.3) is 0 Å². The van der Waals surface area contributed by atoms with Crippen LogP contribution >= 0.6 is 0 Å². The molecule has 29 heavy (non-hydrogen) atoms. The number of Topliss-reactive ketones (excluding diaryl/α,β-unsaturated/α-hetero) is 1. The molecule has 0 aromatic heterocycles. The summed E-state index contributed by atoms with van der Waals surface area (Å²) in [5.41, 5.74) is 1.02. The van der Waals surface area contributed by atoms with E-state index in [1.54, 1.807) is 12.1 Å². The van der Waals surface area contributed by atoms with E-state index in [1.807, 2.05) is 17.4 Å². The van der Waals surface area contributed by atoms with E-state index in [9.17, 15) is 27.6 Å². The molecule has 0 unspecified atom stereocenters.